The SMILES string of the molecule is CN(CCCN)C(=O)C(Cc1ccc2ccccc2c1)NC(=O)C(CO)Cc1ccc2ccccc2c1. The molecule has 0 aliphatic heterocycles. The van der Waals surface area contributed by atoms with Crippen LogP contribution >= 0.6 is 0 Å². The van der Waals surface area contributed by atoms with E-state index in [0.29, 0.717) is 32.4 Å². The van der Waals surface area contributed by atoms with Crippen LogP contribution in [0.5, 0.6) is 0 Å². The predicted octanol–water partition coefficient (Wildman–Crippen LogP) is 3.68. The molecule has 2 atom stereocenters. The van der Waals surface area contributed by atoms with Gasteiger partial charge in [-0.05, 0) is 52.1 Å². The lowest BCUT2D eigenvalue weighted by molar-refractivity contribution is -0.137. The van der Waals surface area contributed by atoms with E-state index in [1.165, 1.54) is 0 Å². The molecule has 0 aliphatic carbocycles. The summed E-state index contributed by atoms with van der Waals surface area (Å²) < 4.78 is 0. The number of rotatable bonds is 11. The van der Waals surface area contributed by atoms with Crippen LogP contribution in [0.25, 0.3) is 21.5 Å². The number of aliphatic hydroxyl groups excluding tert-OH is 1. The number of benzene rings is 4. The van der Waals surface area contributed by atoms with E-state index in [1.807, 2.05) is 78.9 Å². The number of hydrogen-bond donors (Lipinski definition) is 3. The van der Waals surface area contributed by atoms with Crippen LogP contribution in [0.15, 0.2) is 84.9 Å². The molecule has 4 aromatic rings. The maximum atomic E-state index is 13.4. The highest BCUT2D eigenvalue weighted by Gasteiger charge is 2.28. The monoisotopic (exact) mass is 497 g/mol. The molecule has 4 rings (SSSR count). The molecule has 6 nitrogen and oxygen atoms in total. The fourth-order valence-electron chi connectivity index (χ4n) is 4.69. The third kappa shape index (κ3) is 6.73. The molecule has 0 aliphatic rings. The molecule has 2 amide bonds. The van der Waals surface area contributed by atoms with Gasteiger partial charge in [0.15, 0.2) is 0 Å². The third-order valence-electron chi connectivity index (χ3n) is 6.83. The maximum Gasteiger partial charge on any atom is 0.245 e. The zero-order valence-electron chi connectivity index (χ0n) is 21.3. The Morgan fingerprint density at radius 2 is 1.38 bits per heavy atom. The van der Waals surface area contributed by atoms with Crippen LogP contribution in [-0.2, 0) is 22.4 Å². The number of hydrogen-bond acceptors (Lipinski definition) is 4. The zero-order valence-corrected chi connectivity index (χ0v) is 21.3. The van der Waals surface area contributed by atoms with Crippen LogP contribution in [0.2, 0.25) is 0 Å². The highest BCUT2D eigenvalue weighted by molar-refractivity contribution is 5.89. The quantitative estimate of drug-likeness (QED) is 0.295. The molecule has 0 bridgehead atoms. The number of nitrogens with one attached hydrogen (secondary N) is 1. The summed E-state index contributed by atoms with van der Waals surface area (Å²) in [6.07, 6.45) is 1.42. The average molecular weight is 498 g/mol. The highest BCUT2D eigenvalue weighted by atomic mass is 16.3. The van der Waals surface area contributed by atoms with Crippen molar-refractivity contribution in [3.63, 3.8) is 0 Å². The van der Waals surface area contributed by atoms with Gasteiger partial charge in [0.1, 0.15) is 6.04 Å². The lowest BCUT2D eigenvalue weighted by Crippen LogP contribution is -2.51. The summed E-state index contributed by atoms with van der Waals surface area (Å²) in [6, 6.07) is 27.5. The van der Waals surface area contributed by atoms with Crippen molar-refractivity contribution in [3.8, 4) is 0 Å². The van der Waals surface area contributed by atoms with Crippen LogP contribution in [-0.4, -0.2) is 54.6 Å². The minimum absolute atomic E-state index is 0.169. The van der Waals surface area contributed by atoms with Gasteiger partial charge in [0, 0.05) is 20.0 Å². The van der Waals surface area contributed by atoms with E-state index in [4.69, 9.17) is 5.73 Å². The molecule has 0 aromatic heterocycles. The maximum absolute atomic E-state index is 13.4. The van der Waals surface area contributed by atoms with E-state index >= 15 is 0 Å². The molecule has 2 unspecified atom stereocenters. The number of carbonyl (C=O) groups is 2. The van der Waals surface area contributed by atoms with E-state index in [0.717, 1.165) is 32.7 Å². The first kappa shape index (κ1) is 26.3. The van der Waals surface area contributed by atoms with Gasteiger partial charge in [-0.15, -0.1) is 0 Å². The molecule has 0 radical (unpaired) electrons. The Balaban J connectivity index is 1.52. The lowest BCUT2D eigenvalue weighted by atomic mass is 9.96. The number of fused-ring (bicyclic) bond motifs is 2. The Kier molecular flexibility index (Phi) is 8.88. The first-order valence-corrected chi connectivity index (χ1v) is 12.8. The van der Waals surface area contributed by atoms with E-state index in [9.17, 15) is 14.7 Å². The van der Waals surface area contributed by atoms with Gasteiger partial charge in [0.2, 0.25) is 11.8 Å². The summed E-state index contributed by atoms with van der Waals surface area (Å²) in [7, 11) is 1.73. The van der Waals surface area contributed by atoms with Crippen molar-refractivity contribution in [2.45, 2.75) is 25.3 Å². The van der Waals surface area contributed by atoms with Crippen molar-refractivity contribution in [2.75, 3.05) is 26.7 Å². The van der Waals surface area contributed by atoms with Gasteiger partial charge >= 0.3 is 0 Å². The van der Waals surface area contributed by atoms with Gasteiger partial charge in [-0.1, -0.05) is 84.9 Å². The van der Waals surface area contributed by atoms with Crippen LogP contribution in [0.1, 0.15) is 17.5 Å². The van der Waals surface area contributed by atoms with E-state index in [-0.39, 0.29) is 18.4 Å². The summed E-state index contributed by atoms with van der Waals surface area (Å²) >= 11 is 0. The zero-order chi connectivity index (χ0) is 26.2. The van der Waals surface area contributed by atoms with Gasteiger partial charge in [-0.3, -0.25) is 9.59 Å². The highest BCUT2D eigenvalue weighted by Crippen LogP contribution is 2.20. The van der Waals surface area contributed by atoms with Crippen LogP contribution in [0.4, 0.5) is 0 Å². The third-order valence-corrected chi connectivity index (χ3v) is 6.83. The average Bonchev–Trinajstić information content (AvgIpc) is 2.93. The first-order valence-electron chi connectivity index (χ1n) is 12.8. The molecule has 4 N–H and O–H groups in total. The Labute approximate surface area is 218 Å². The number of amides is 2. The normalized spacial score (nSPS) is 12.8. The molecule has 192 valence electrons. The fourth-order valence-corrected chi connectivity index (χ4v) is 4.69. The van der Waals surface area contributed by atoms with Crippen LogP contribution in [0.3, 0.4) is 0 Å². The topological polar surface area (TPSA) is 95.7 Å². The van der Waals surface area contributed by atoms with Gasteiger partial charge < -0.3 is 21.1 Å². The predicted molar refractivity (Wildman–Crippen MR) is 149 cm³/mol. The molecule has 37 heavy (non-hydrogen) atoms. The number of carbonyl (C=O) groups excluding carboxylic acids is 2. The summed E-state index contributed by atoms with van der Waals surface area (Å²) in [5.41, 5.74) is 7.56. The Bertz CT molecular complexity index is 1370. The smallest absolute Gasteiger partial charge is 0.245 e. The molecule has 0 fully saturated rings. The summed E-state index contributed by atoms with van der Waals surface area (Å²) in [5.74, 6) is -1.17. The van der Waals surface area contributed by atoms with Crippen LogP contribution in [0, 0.1) is 5.92 Å². The standard InChI is InChI=1S/C31H35N3O3/c1-34(16-6-15-32)31(37)29(20-23-12-14-25-8-3-5-10-27(25)18-23)33-30(36)28(21-35)19-22-11-13-24-7-2-4-9-26(24)17-22/h2-5,7-14,17-18,28-29,35H,6,15-16,19-21,32H2,1H3,(H,33,36). The van der Waals surface area contributed by atoms with Crippen molar-refractivity contribution < 1.29 is 14.7 Å². The number of likely N-dealkylation sites (N-methyl/N-ethyl adjacent to an activating group) is 1. The van der Waals surface area contributed by atoms with Crippen molar-refractivity contribution in [1.82, 2.24) is 10.2 Å². The molecule has 0 spiro atoms. The second-order valence-corrected chi connectivity index (χ2v) is 9.61. The lowest BCUT2D eigenvalue weighted by Gasteiger charge is -2.26. The number of nitrogens with zero attached hydrogens (tertiary/aromatic N) is 1. The van der Waals surface area contributed by atoms with Crippen molar-refractivity contribution in [1.29, 1.82) is 0 Å². The van der Waals surface area contributed by atoms with Gasteiger partial charge in [0.25, 0.3) is 0 Å². The van der Waals surface area contributed by atoms with E-state index in [2.05, 4.69) is 11.4 Å². The molecular formula is C31H35N3O3. The number of aliphatic hydroxyl groups is 1. The Morgan fingerprint density at radius 3 is 1.92 bits per heavy atom. The van der Waals surface area contributed by atoms with Gasteiger partial charge in [-0.25, -0.2) is 0 Å². The van der Waals surface area contributed by atoms with Crippen LogP contribution < -0.4 is 11.1 Å². The van der Waals surface area contributed by atoms with E-state index in [1.54, 1.807) is 11.9 Å². The van der Waals surface area contributed by atoms with E-state index < -0.39 is 12.0 Å². The first-order chi connectivity index (χ1) is 18.0. The summed E-state index contributed by atoms with van der Waals surface area (Å²) in [4.78, 5) is 28.3. The minimum atomic E-state index is -0.748. The Hall–Kier alpha value is -3.74. The summed E-state index contributed by atoms with van der Waals surface area (Å²) in [5, 5.41) is 17.5. The van der Waals surface area contributed by atoms with Crippen molar-refractivity contribution in [3.05, 3.63) is 96.1 Å². The second-order valence-electron chi connectivity index (χ2n) is 9.61. The van der Waals surface area contributed by atoms with Crippen molar-refractivity contribution >= 4 is 33.4 Å². The molecule has 0 saturated carbocycles. The van der Waals surface area contributed by atoms with Gasteiger partial charge in [-0.2, -0.15) is 0 Å². The second kappa shape index (κ2) is 12.5. The molecule has 4 aromatic carbocycles. The van der Waals surface area contributed by atoms with Gasteiger partial charge in [0.05, 0.1) is 12.5 Å². The molecular weight excluding hydrogens is 462 g/mol. The summed E-state index contributed by atoms with van der Waals surface area (Å²) in [6.45, 7) is 0.691. The Morgan fingerprint density at radius 1 is 0.838 bits per heavy atom. The number of nitrogens with two attached hydrogens (primary N) is 1. The largest absolute Gasteiger partial charge is 0.396 e. The fraction of sp³-hybridized carbons (Fsp3) is 0.290. The molecule has 6 heteroatoms. The minimum Gasteiger partial charge on any atom is -0.396 e. The molecule has 0 saturated heterocycles. The molecule has 0 heterocycles. The van der Waals surface area contributed by atoms with Crippen molar-refractivity contribution in [2.24, 2.45) is 11.7 Å².